The second-order valence-electron chi connectivity index (χ2n) is 5.29. The summed E-state index contributed by atoms with van der Waals surface area (Å²) in [7, 11) is 0. The number of nitrogens with one attached hydrogen (secondary N) is 1. The van der Waals surface area contributed by atoms with Crippen molar-refractivity contribution in [2.24, 2.45) is 0 Å². The highest BCUT2D eigenvalue weighted by Crippen LogP contribution is 2.30. The van der Waals surface area contributed by atoms with Gasteiger partial charge in [-0.05, 0) is 31.5 Å². The summed E-state index contributed by atoms with van der Waals surface area (Å²) in [5, 5.41) is 3.62. The van der Waals surface area contributed by atoms with Gasteiger partial charge >= 0.3 is 0 Å². The van der Waals surface area contributed by atoms with Gasteiger partial charge in [0, 0.05) is 51.1 Å². The van der Waals surface area contributed by atoms with E-state index in [2.05, 4.69) is 30.2 Å². The van der Waals surface area contributed by atoms with Crippen LogP contribution in [0.4, 0.5) is 0 Å². The Kier molecular flexibility index (Phi) is 5.95. The number of nitrogens with zero attached hydrogens (tertiary/aromatic N) is 1. The molecule has 1 unspecified atom stereocenters. The largest absolute Gasteiger partial charge is 0.381 e. The maximum absolute atomic E-state index is 6.19. The van der Waals surface area contributed by atoms with Crippen molar-refractivity contribution in [3.8, 4) is 0 Å². The van der Waals surface area contributed by atoms with Gasteiger partial charge in [-0.3, -0.25) is 4.98 Å². The third-order valence-electron chi connectivity index (χ3n) is 4.02. The SMILES string of the molecule is CCNC(Cc1cccnc1)C1(OCC)CCOCC1. The first-order chi connectivity index (χ1) is 9.80. The summed E-state index contributed by atoms with van der Waals surface area (Å²) >= 11 is 0. The van der Waals surface area contributed by atoms with E-state index < -0.39 is 0 Å². The highest BCUT2D eigenvalue weighted by molar-refractivity contribution is 5.13. The molecule has 0 aromatic carbocycles. The van der Waals surface area contributed by atoms with Crippen LogP contribution in [0, 0.1) is 0 Å². The lowest BCUT2D eigenvalue weighted by Gasteiger charge is -2.43. The molecule has 20 heavy (non-hydrogen) atoms. The van der Waals surface area contributed by atoms with Crippen LogP contribution in [0.2, 0.25) is 0 Å². The second kappa shape index (κ2) is 7.72. The number of rotatable bonds is 7. The lowest BCUT2D eigenvalue weighted by molar-refractivity contribution is -0.126. The highest BCUT2D eigenvalue weighted by Gasteiger charge is 2.40. The molecule has 0 bridgehead atoms. The molecule has 4 heteroatoms. The van der Waals surface area contributed by atoms with Crippen LogP contribution in [-0.4, -0.2) is 43.0 Å². The van der Waals surface area contributed by atoms with Crippen molar-refractivity contribution in [1.82, 2.24) is 10.3 Å². The summed E-state index contributed by atoms with van der Waals surface area (Å²) in [5.74, 6) is 0. The van der Waals surface area contributed by atoms with E-state index in [0.717, 1.165) is 45.6 Å². The lowest BCUT2D eigenvalue weighted by Crippen LogP contribution is -2.56. The smallest absolute Gasteiger partial charge is 0.0881 e. The Morgan fingerprint density at radius 2 is 2.20 bits per heavy atom. The predicted molar refractivity (Wildman–Crippen MR) is 79.8 cm³/mol. The van der Waals surface area contributed by atoms with Crippen LogP contribution in [0.5, 0.6) is 0 Å². The first-order valence-electron chi connectivity index (χ1n) is 7.64. The minimum Gasteiger partial charge on any atom is -0.381 e. The molecular formula is C16H26N2O2. The third kappa shape index (κ3) is 3.78. The van der Waals surface area contributed by atoms with Crippen LogP contribution in [0.25, 0.3) is 0 Å². The number of hydrogen-bond donors (Lipinski definition) is 1. The zero-order valence-corrected chi connectivity index (χ0v) is 12.6. The highest BCUT2D eigenvalue weighted by atomic mass is 16.5. The van der Waals surface area contributed by atoms with Crippen LogP contribution in [0.3, 0.4) is 0 Å². The molecule has 0 aliphatic carbocycles. The molecule has 1 N–H and O–H groups in total. The maximum Gasteiger partial charge on any atom is 0.0881 e. The predicted octanol–water partition coefficient (Wildman–Crippen LogP) is 2.19. The van der Waals surface area contributed by atoms with Crippen LogP contribution in [0.15, 0.2) is 24.5 Å². The fraction of sp³-hybridized carbons (Fsp3) is 0.688. The van der Waals surface area contributed by atoms with Gasteiger partial charge in [0.2, 0.25) is 0 Å². The molecule has 0 spiro atoms. The summed E-state index contributed by atoms with van der Waals surface area (Å²) in [5.41, 5.74) is 1.14. The Morgan fingerprint density at radius 1 is 1.40 bits per heavy atom. The molecule has 0 radical (unpaired) electrons. The van der Waals surface area contributed by atoms with Gasteiger partial charge in [0.05, 0.1) is 5.60 Å². The Labute approximate surface area is 121 Å². The number of pyridine rings is 1. The molecule has 1 aliphatic heterocycles. The molecule has 1 atom stereocenters. The van der Waals surface area contributed by atoms with E-state index in [1.807, 2.05) is 18.5 Å². The van der Waals surface area contributed by atoms with Crippen LogP contribution in [0.1, 0.15) is 32.3 Å². The van der Waals surface area contributed by atoms with Gasteiger partial charge < -0.3 is 14.8 Å². The van der Waals surface area contributed by atoms with Gasteiger partial charge in [0.25, 0.3) is 0 Å². The molecule has 0 saturated carbocycles. The van der Waals surface area contributed by atoms with Crippen molar-refractivity contribution >= 4 is 0 Å². The van der Waals surface area contributed by atoms with E-state index in [1.54, 1.807) is 0 Å². The molecule has 1 saturated heterocycles. The second-order valence-corrected chi connectivity index (χ2v) is 5.29. The summed E-state index contributed by atoms with van der Waals surface area (Å²) in [6.07, 6.45) is 6.63. The Bertz CT molecular complexity index is 372. The average molecular weight is 278 g/mol. The number of ether oxygens (including phenoxy) is 2. The zero-order valence-electron chi connectivity index (χ0n) is 12.6. The lowest BCUT2D eigenvalue weighted by atomic mass is 9.82. The van der Waals surface area contributed by atoms with Crippen molar-refractivity contribution in [2.45, 2.75) is 44.8 Å². The summed E-state index contributed by atoms with van der Waals surface area (Å²) in [6.45, 7) is 7.49. The fourth-order valence-corrected chi connectivity index (χ4v) is 3.04. The summed E-state index contributed by atoms with van der Waals surface area (Å²) in [6, 6.07) is 4.44. The number of aromatic nitrogens is 1. The normalized spacial score (nSPS) is 19.7. The van der Waals surface area contributed by atoms with E-state index in [9.17, 15) is 0 Å². The Morgan fingerprint density at radius 3 is 2.80 bits per heavy atom. The minimum atomic E-state index is -0.112. The van der Waals surface area contributed by atoms with Crippen molar-refractivity contribution in [3.63, 3.8) is 0 Å². The first-order valence-corrected chi connectivity index (χ1v) is 7.64. The molecular weight excluding hydrogens is 252 g/mol. The summed E-state index contributed by atoms with van der Waals surface area (Å²) < 4.78 is 11.7. The monoisotopic (exact) mass is 278 g/mol. The van der Waals surface area contributed by atoms with Gasteiger partial charge in [0.15, 0.2) is 0 Å². The topological polar surface area (TPSA) is 43.4 Å². The molecule has 1 aliphatic rings. The van der Waals surface area contributed by atoms with Crippen molar-refractivity contribution in [1.29, 1.82) is 0 Å². The molecule has 1 aromatic rings. The van der Waals surface area contributed by atoms with Gasteiger partial charge in [-0.25, -0.2) is 0 Å². The van der Waals surface area contributed by atoms with Gasteiger partial charge in [-0.1, -0.05) is 13.0 Å². The molecule has 0 amide bonds. The quantitative estimate of drug-likeness (QED) is 0.830. The molecule has 4 nitrogen and oxygen atoms in total. The minimum absolute atomic E-state index is 0.112. The number of likely N-dealkylation sites (N-methyl/N-ethyl adjacent to an activating group) is 1. The van der Waals surface area contributed by atoms with Gasteiger partial charge in [0.1, 0.15) is 0 Å². The molecule has 1 aromatic heterocycles. The van der Waals surface area contributed by atoms with Crippen LogP contribution >= 0.6 is 0 Å². The fourth-order valence-electron chi connectivity index (χ4n) is 3.04. The van der Waals surface area contributed by atoms with E-state index in [1.165, 1.54) is 5.56 Å². The standard InChI is InChI=1S/C16H26N2O2/c1-3-18-15(12-14-6-5-9-17-13-14)16(20-4-2)7-10-19-11-8-16/h5-6,9,13,15,18H,3-4,7-8,10-12H2,1-2H3. The molecule has 112 valence electrons. The van der Waals surface area contributed by atoms with E-state index in [0.29, 0.717) is 6.04 Å². The average Bonchev–Trinajstić information content (AvgIpc) is 2.49. The Balaban J connectivity index is 2.15. The van der Waals surface area contributed by atoms with Crippen molar-refractivity contribution < 1.29 is 9.47 Å². The third-order valence-corrected chi connectivity index (χ3v) is 4.02. The van der Waals surface area contributed by atoms with Crippen molar-refractivity contribution in [3.05, 3.63) is 30.1 Å². The van der Waals surface area contributed by atoms with Gasteiger partial charge in [-0.15, -0.1) is 0 Å². The van der Waals surface area contributed by atoms with E-state index in [-0.39, 0.29) is 5.60 Å². The molecule has 2 rings (SSSR count). The summed E-state index contributed by atoms with van der Waals surface area (Å²) in [4.78, 5) is 4.22. The Hall–Kier alpha value is -0.970. The van der Waals surface area contributed by atoms with Crippen LogP contribution in [-0.2, 0) is 15.9 Å². The first kappa shape index (κ1) is 15.4. The van der Waals surface area contributed by atoms with E-state index >= 15 is 0 Å². The molecule has 2 heterocycles. The van der Waals surface area contributed by atoms with Crippen LogP contribution < -0.4 is 5.32 Å². The zero-order chi connectivity index (χ0) is 14.3. The van der Waals surface area contributed by atoms with Gasteiger partial charge in [-0.2, -0.15) is 0 Å². The van der Waals surface area contributed by atoms with E-state index in [4.69, 9.17) is 9.47 Å². The number of hydrogen-bond acceptors (Lipinski definition) is 4. The van der Waals surface area contributed by atoms with Crippen molar-refractivity contribution in [2.75, 3.05) is 26.4 Å². The maximum atomic E-state index is 6.19. The molecule has 1 fully saturated rings.